The van der Waals surface area contributed by atoms with Crippen LogP contribution in [0.2, 0.25) is 0 Å². The lowest BCUT2D eigenvalue weighted by atomic mass is 10.1. The zero-order valence-corrected chi connectivity index (χ0v) is 10.5. The summed E-state index contributed by atoms with van der Waals surface area (Å²) in [7, 11) is 0. The SMILES string of the molecule is C[C@@H](NC1CCNC1)c1ccccc1Br. The molecular weight excluding hydrogens is 252 g/mol. The first kappa shape index (κ1) is 11.1. The maximum absolute atomic E-state index is 3.64. The van der Waals surface area contributed by atoms with Crippen LogP contribution in [-0.2, 0) is 0 Å². The van der Waals surface area contributed by atoms with E-state index in [9.17, 15) is 0 Å². The van der Waals surface area contributed by atoms with E-state index in [0.29, 0.717) is 12.1 Å². The normalized spacial score (nSPS) is 22.9. The van der Waals surface area contributed by atoms with Crippen LogP contribution in [0.15, 0.2) is 28.7 Å². The van der Waals surface area contributed by atoms with Gasteiger partial charge in [-0.2, -0.15) is 0 Å². The Morgan fingerprint density at radius 1 is 1.47 bits per heavy atom. The predicted octanol–water partition coefficient (Wildman–Crippen LogP) is 2.46. The van der Waals surface area contributed by atoms with Crippen LogP contribution in [0.25, 0.3) is 0 Å². The topological polar surface area (TPSA) is 24.1 Å². The molecule has 0 aromatic heterocycles. The molecule has 1 heterocycles. The van der Waals surface area contributed by atoms with Crippen LogP contribution < -0.4 is 10.6 Å². The van der Waals surface area contributed by atoms with Gasteiger partial charge >= 0.3 is 0 Å². The second-order valence-electron chi connectivity index (χ2n) is 4.10. The summed E-state index contributed by atoms with van der Waals surface area (Å²) in [5.41, 5.74) is 1.34. The summed E-state index contributed by atoms with van der Waals surface area (Å²) in [6.45, 7) is 4.45. The maximum Gasteiger partial charge on any atom is 0.0306 e. The fourth-order valence-corrected chi connectivity index (χ4v) is 2.69. The zero-order chi connectivity index (χ0) is 10.7. The largest absolute Gasteiger partial charge is 0.315 e. The summed E-state index contributed by atoms with van der Waals surface area (Å²) in [6, 6.07) is 9.44. The minimum Gasteiger partial charge on any atom is -0.315 e. The molecule has 1 saturated heterocycles. The van der Waals surface area contributed by atoms with Crippen LogP contribution in [0.3, 0.4) is 0 Å². The summed E-state index contributed by atoms with van der Waals surface area (Å²) in [4.78, 5) is 0. The lowest BCUT2D eigenvalue weighted by Crippen LogP contribution is -2.33. The molecule has 0 amide bonds. The van der Waals surface area contributed by atoms with Crippen LogP contribution in [0.4, 0.5) is 0 Å². The Morgan fingerprint density at radius 3 is 2.93 bits per heavy atom. The zero-order valence-electron chi connectivity index (χ0n) is 8.96. The van der Waals surface area contributed by atoms with E-state index in [1.165, 1.54) is 16.5 Å². The van der Waals surface area contributed by atoms with E-state index in [1.807, 2.05) is 0 Å². The van der Waals surface area contributed by atoms with Crippen molar-refractivity contribution in [2.45, 2.75) is 25.4 Å². The molecule has 1 aromatic carbocycles. The number of halogens is 1. The molecule has 2 N–H and O–H groups in total. The van der Waals surface area contributed by atoms with Crippen molar-refractivity contribution in [3.63, 3.8) is 0 Å². The van der Waals surface area contributed by atoms with Crippen LogP contribution in [0.1, 0.15) is 24.9 Å². The van der Waals surface area contributed by atoms with Crippen molar-refractivity contribution < 1.29 is 0 Å². The highest BCUT2D eigenvalue weighted by Crippen LogP contribution is 2.23. The van der Waals surface area contributed by atoms with Gasteiger partial charge in [-0.25, -0.2) is 0 Å². The number of hydrogen-bond donors (Lipinski definition) is 2. The minimum absolute atomic E-state index is 0.408. The Kier molecular flexibility index (Phi) is 3.78. The van der Waals surface area contributed by atoms with E-state index in [0.717, 1.165) is 13.1 Å². The third-order valence-corrected chi connectivity index (χ3v) is 3.64. The van der Waals surface area contributed by atoms with E-state index in [-0.39, 0.29) is 0 Å². The molecule has 1 aliphatic rings. The van der Waals surface area contributed by atoms with Crippen LogP contribution >= 0.6 is 15.9 Å². The first-order valence-electron chi connectivity index (χ1n) is 5.48. The van der Waals surface area contributed by atoms with Gasteiger partial charge in [-0.15, -0.1) is 0 Å². The summed E-state index contributed by atoms with van der Waals surface area (Å²) in [5.74, 6) is 0. The summed E-state index contributed by atoms with van der Waals surface area (Å²) >= 11 is 3.59. The monoisotopic (exact) mass is 268 g/mol. The van der Waals surface area contributed by atoms with Crippen LogP contribution in [0, 0.1) is 0 Å². The molecule has 1 fully saturated rings. The lowest BCUT2D eigenvalue weighted by molar-refractivity contribution is 0.477. The molecule has 82 valence electrons. The van der Waals surface area contributed by atoms with Gasteiger partial charge in [0.2, 0.25) is 0 Å². The Morgan fingerprint density at radius 2 is 2.27 bits per heavy atom. The van der Waals surface area contributed by atoms with Crippen molar-refractivity contribution in [2.24, 2.45) is 0 Å². The van der Waals surface area contributed by atoms with Gasteiger partial charge in [-0.3, -0.25) is 0 Å². The van der Waals surface area contributed by atoms with Crippen molar-refractivity contribution in [1.29, 1.82) is 0 Å². The Hall–Kier alpha value is -0.380. The summed E-state index contributed by atoms with van der Waals surface area (Å²) < 4.78 is 1.19. The second kappa shape index (κ2) is 5.10. The molecule has 0 radical (unpaired) electrons. The van der Waals surface area contributed by atoms with Crippen molar-refractivity contribution in [1.82, 2.24) is 10.6 Å². The molecule has 0 saturated carbocycles. The second-order valence-corrected chi connectivity index (χ2v) is 4.95. The molecule has 0 spiro atoms. The molecule has 0 aliphatic carbocycles. The average molecular weight is 269 g/mol. The molecule has 15 heavy (non-hydrogen) atoms. The molecule has 3 heteroatoms. The van der Waals surface area contributed by atoms with Gasteiger partial charge in [0, 0.05) is 23.1 Å². The summed E-state index contributed by atoms with van der Waals surface area (Å²) in [6.07, 6.45) is 1.23. The molecule has 1 aliphatic heterocycles. The molecule has 2 nitrogen and oxygen atoms in total. The summed E-state index contributed by atoms with van der Waals surface area (Å²) in [5, 5.41) is 7.01. The van der Waals surface area contributed by atoms with E-state index in [4.69, 9.17) is 0 Å². The Labute approximate surface area is 99.6 Å². The van der Waals surface area contributed by atoms with Gasteiger partial charge in [0.1, 0.15) is 0 Å². The molecule has 2 rings (SSSR count). The van der Waals surface area contributed by atoms with Gasteiger partial charge in [0.25, 0.3) is 0 Å². The van der Waals surface area contributed by atoms with Crippen LogP contribution in [0.5, 0.6) is 0 Å². The number of hydrogen-bond acceptors (Lipinski definition) is 2. The first-order valence-corrected chi connectivity index (χ1v) is 6.28. The van der Waals surface area contributed by atoms with Crippen molar-refractivity contribution in [2.75, 3.05) is 13.1 Å². The minimum atomic E-state index is 0.408. The number of nitrogens with one attached hydrogen (secondary N) is 2. The van der Waals surface area contributed by atoms with Gasteiger partial charge in [-0.05, 0) is 31.5 Å². The highest BCUT2D eigenvalue weighted by Gasteiger charge is 2.17. The van der Waals surface area contributed by atoms with Crippen molar-refractivity contribution >= 4 is 15.9 Å². The number of benzene rings is 1. The van der Waals surface area contributed by atoms with Crippen LogP contribution in [-0.4, -0.2) is 19.1 Å². The van der Waals surface area contributed by atoms with Gasteiger partial charge in [0.05, 0.1) is 0 Å². The van der Waals surface area contributed by atoms with Gasteiger partial charge in [0.15, 0.2) is 0 Å². The van der Waals surface area contributed by atoms with E-state index in [2.05, 4.69) is 57.8 Å². The van der Waals surface area contributed by atoms with Gasteiger partial charge < -0.3 is 10.6 Å². The van der Waals surface area contributed by atoms with Crippen molar-refractivity contribution in [3.8, 4) is 0 Å². The highest BCUT2D eigenvalue weighted by molar-refractivity contribution is 9.10. The quantitative estimate of drug-likeness (QED) is 0.880. The Balaban J connectivity index is 2.00. The smallest absolute Gasteiger partial charge is 0.0306 e. The molecule has 1 aromatic rings. The van der Waals surface area contributed by atoms with Gasteiger partial charge in [-0.1, -0.05) is 34.1 Å². The molecule has 1 unspecified atom stereocenters. The predicted molar refractivity (Wildman–Crippen MR) is 67.0 cm³/mol. The fourth-order valence-electron chi connectivity index (χ4n) is 2.07. The molecule has 0 bridgehead atoms. The third-order valence-electron chi connectivity index (χ3n) is 2.92. The third kappa shape index (κ3) is 2.80. The maximum atomic E-state index is 3.64. The van der Waals surface area contributed by atoms with E-state index >= 15 is 0 Å². The lowest BCUT2D eigenvalue weighted by Gasteiger charge is -2.20. The van der Waals surface area contributed by atoms with Crippen molar-refractivity contribution in [3.05, 3.63) is 34.3 Å². The van der Waals surface area contributed by atoms with E-state index < -0.39 is 0 Å². The number of rotatable bonds is 3. The highest BCUT2D eigenvalue weighted by atomic mass is 79.9. The standard InChI is InChI=1S/C12H17BrN2/c1-9(15-10-6-7-14-8-10)11-4-2-3-5-12(11)13/h2-5,9-10,14-15H,6-8H2,1H3/t9-,10?/m1/s1. The van der Waals surface area contributed by atoms with E-state index in [1.54, 1.807) is 0 Å². The fraction of sp³-hybridized carbons (Fsp3) is 0.500. The molecule has 2 atom stereocenters. The average Bonchev–Trinajstić information content (AvgIpc) is 2.71. The molecular formula is C12H17BrN2. The first-order chi connectivity index (χ1) is 7.27. The Bertz CT molecular complexity index is 321.